The van der Waals surface area contributed by atoms with Gasteiger partial charge in [0.1, 0.15) is 5.83 Å². The second-order valence-corrected chi connectivity index (χ2v) is 2.65. The molecule has 0 radical (unpaired) electrons. The summed E-state index contributed by atoms with van der Waals surface area (Å²) in [5.74, 6) is 0.469. The Labute approximate surface area is 55.1 Å². The van der Waals surface area contributed by atoms with Crippen LogP contribution in [0.4, 0.5) is 4.39 Å². The summed E-state index contributed by atoms with van der Waals surface area (Å²) in [6.45, 7) is 4.14. The van der Waals surface area contributed by atoms with Crippen molar-refractivity contribution in [3.05, 3.63) is 23.6 Å². The van der Waals surface area contributed by atoms with Crippen LogP contribution in [-0.2, 0) is 0 Å². The third kappa shape index (κ3) is 1.41. The highest BCUT2D eigenvalue weighted by molar-refractivity contribution is 5.30. The molecule has 1 aliphatic rings. The minimum atomic E-state index is -0.00120. The zero-order valence-electron chi connectivity index (χ0n) is 5.82. The molecule has 9 heavy (non-hydrogen) atoms. The van der Waals surface area contributed by atoms with Gasteiger partial charge >= 0.3 is 0 Å². The van der Waals surface area contributed by atoms with E-state index >= 15 is 0 Å². The number of rotatable bonds is 1. The minimum absolute atomic E-state index is 0.00120. The van der Waals surface area contributed by atoms with Crippen molar-refractivity contribution in [1.82, 2.24) is 0 Å². The predicted octanol–water partition coefficient (Wildman–Crippen LogP) is 2.83. The summed E-state index contributed by atoms with van der Waals surface area (Å²) in [4.78, 5) is 0. The molecule has 0 aromatic carbocycles. The standard InChI is InChI=1S/C8H11F/c1-6(2)7-3-4-8(9)5-7/h3,5-6H,4H2,1-2H3. The van der Waals surface area contributed by atoms with Gasteiger partial charge in [-0.3, -0.25) is 0 Å². The van der Waals surface area contributed by atoms with Crippen LogP contribution in [0.25, 0.3) is 0 Å². The molecule has 0 nitrogen and oxygen atoms in total. The lowest BCUT2D eigenvalue weighted by Crippen LogP contribution is -1.86. The SMILES string of the molecule is CC(C)C1=CCC(F)=C1. The average molecular weight is 126 g/mol. The Balaban J connectivity index is 2.64. The van der Waals surface area contributed by atoms with E-state index in [0.717, 1.165) is 5.57 Å². The molecule has 1 heteroatoms. The fourth-order valence-electron chi connectivity index (χ4n) is 0.916. The average Bonchev–Trinajstić information content (AvgIpc) is 2.14. The van der Waals surface area contributed by atoms with Gasteiger partial charge in [0.05, 0.1) is 0 Å². The quantitative estimate of drug-likeness (QED) is 0.506. The van der Waals surface area contributed by atoms with Crippen LogP contribution in [-0.4, -0.2) is 0 Å². The Kier molecular flexibility index (Phi) is 1.70. The van der Waals surface area contributed by atoms with Gasteiger partial charge in [-0.25, -0.2) is 4.39 Å². The van der Waals surface area contributed by atoms with Crippen LogP contribution in [0.2, 0.25) is 0 Å². The molecule has 0 spiro atoms. The van der Waals surface area contributed by atoms with E-state index in [1.165, 1.54) is 0 Å². The molecule has 0 fully saturated rings. The van der Waals surface area contributed by atoms with Crippen LogP contribution in [0.5, 0.6) is 0 Å². The molecule has 0 heterocycles. The van der Waals surface area contributed by atoms with Crippen molar-refractivity contribution in [2.24, 2.45) is 5.92 Å². The summed E-state index contributed by atoms with van der Waals surface area (Å²) in [6, 6.07) is 0. The van der Waals surface area contributed by atoms with Crippen molar-refractivity contribution in [2.45, 2.75) is 20.3 Å². The molecule has 0 amide bonds. The van der Waals surface area contributed by atoms with Gasteiger partial charge in [-0.15, -0.1) is 0 Å². The highest BCUT2D eigenvalue weighted by atomic mass is 19.1. The topological polar surface area (TPSA) is 0 Å². The second kappa shape index (κ2) is 2.34. The lowest BCUT2D eigenvalue weighted by Gasteiger charge is -1.99. The van der Waals surface area contributed by atoms with Crippen LogP contribution >= 0.6 is 0 Å². The summed E-state index contributed by atoms with van der Waals surface area (Å²) in [6.07, 6.45) is 4.08. The molecule has 0 saturated carbocycles. The molecular formula is C8H11F. The van der Waals surface area contributed by atoms with Crippen LogP contribution in [0.3, 0.4) is 0 Å². The molecule has 1 rings (SSSR count). The first-order valence-corrected chi connectivity index (χ1v) is 3.26. The van der Waals surface area contributed by atoms with E-state index in [1.807, 2.05) is 6.08 Å². The molecule has 50 valence electrons. The fraction of sp³-hybridized carbons (Fsp3) is 0.500. The first kappa shape index (κ1) is 6.53. The van der Waals surface area contributed by atoms with Crippen molar-refractivity contribution in [2.75, 3.05) is 0 Å². The first-order valence-electron chi connectivity index (χ1n) is 3.26. The minimum Gasteiger partial charge on any atom is -0.211 e. The summed E-state index contributed by atoms with van der Waals surface area (Å²) in [7, 11) is 0. The number of allylic oxidation sites excluding steroid dienone is 4. The highest BCUT2D eigenvalue weighted by Crippen LogP contribution is 2.23. The van der Waals surface area contributed by atoms with E-state index in [-0.39, 0.29) is 5.83 Å². The molecule has 0 saturated heterocycles. The monoisotopic (exact) mass is 126 g/mol. The Bertz CT molecular complexity index is 163. The van der Waals surface area contributed by atoms with E-state index in [4.69, 9.17) is 0 Å². The third-order valence-corrected chi connectivity index (χ3v) is 1.52. The number of halogens is 1. The fourth-order valence-corrected chi connectivity index (χ4v) is 0.916. The Morgan fingerprint density at radius 1 is 1.56 bits per heavy atom. The summed E-state index contributed by atoms with van der Waals surface area (Å²) in [5.41, 5.74) is 1.13. The maximum atomic E-state index is 12.3. The van der Waals surface area contributed by atoms with Crippen molar-refractivity contribution in [3.63, 3.8) is 0 Å². The molecule has 0 aromatic heterocycles. The molecule has 0 bridgehead atoms. The summed E-state index contributed by atoms with van der Waals surface area (Å²) < 4.78 is 12.3. The zero-order valence-corrected chi connectivity index (χ0v) is 5.82. The van der Waals surface area contributed by atoms with Crippen LogP contribution in [0, 0.1) is 5.92 Å². The van der Waals surface area contributed by atoms with E-state index < -0.39 is 0 Å². The van der Waals surface area contributed by atoms with Crippen LogP contribution < -0.4 is 0 Å². The maximum Gasteiger partial charge on any atom is 0.104 e. The number of hydrogen-bond donors (Lipinski definition) is 0. The van der Waals surface area contributed by atoms with E-state index in [2.05, 4.69) is 13.8 Å². The van der Waals surface area contributed by atoms with Gasteiger partial charge in [-0.1, -0.05) is 19.9 Å². The van der Waals surface area contributed by atoms with Gasteiger partial charge in [0.2, 0.25) is 0 Å². The number of hydrogen-bond acceptors (Lipinski definition) is 0. The molecule has 0 aromatic rings. The lowest BCUT2D eigenvalue weighted by molar-refractivity contribution is 0.623. The lowest BCUT2D eigenvalue weighted by atomic mass is 10.1. The molecule has 1 aliphatic carbocycles. The van der Waals surface area contributed by atoms with E-state index in [1.54, 1.807) is 6.08 Å². The van der Waals surface area contributed by atoms with Gasteiger partial charge in [-0.05, 0) is 17.6 Å². The highest BCUT2D eigenvalue weighted by Gasteiger charge is 2.07. The van der Waals surface area contributed by atoms with Crippen LogP contribution in [0.1, 0.15) is 20.3 Å². The van der Waals surface area contributed by atoms with Gasteiger partial charge < -0.3 is 0 Å². The van der Waals surface area contributed by atoms with Crippen molar-refractivity contribution in [3.8, 4) is 0 Å². The largest absolute Gasteiger partial charge is 0.211 e. The molecule has 0 atom stereocenters. The van der Waals surface area contributed by atoms with Gasteiger partial charge in [0, 0.05) is 6.42 Å². The second-order valence-electron chi connectivity index (χ2n) is 2.65. The Hall–Kier alpha value is -0.590. The maximum absolute atomic E-state index is 12.3. The normalized spacial score (nSPS) is 18.2. The van der Waals surface area contributed by atoms with Crippen molar-refractivity contribution in [1.29, 1.82) is 0 Å². The van der Waals surface area contributed by atoms with Crippen molar-refractivity contribution < 1.29 is 4.39 Å². The van der Waals surface area contributed by atoms with Gasteiger partial charge in [0.25, 0.3) is 0 Å². The van der Waals surface area contributed by atoms with Crippen LogP contribution in [0.15, 0.2) is 23.6 Å². The third-order valence-electron chi connectivity index (χ3n) is 1.52. The molecule has 0 aliphatic heterocycles. The Morgan fingerprint density at radius 2 is 2.22 bits per heavy atom. The van der Waals surface area contributed by atoms with Gasteiger partial charge in [-0.2, -0.15) is 0 Å². The smallest absolute Gasteiger partial charge is 0.104 e. The summed E-state index contributed by atoms with van der Waals surface area (Å²) >= 11 is 0. The predicted molar refractivity (Wildman–Crippen MR) is 36.7 cm³/mol. The van der Waals surface area contributed by atoms with Gasteiger partial charge in [0.15, 0.2) is 0 Å². The van der Waals surface area contributed by atoms with Crippen molar-refractivity contribution >= 4 is 0 Å². The van der Waals surface area contributed by atoms with E-state index in [9.17, 15) is 4.39 Å². The first-order chi connectivity index (χ1) is 4.20. The molecule has 0 unspecified atom stereocenters. The molecular weight excluding hydrogens is 115 g/mol. The Morgan fingerprint density at radius 3 is 2.44 bits per heavy atom. The zero-order chi connectivity index (χ0) is 6.85. The van der Waals surface area contributed by atoms with E-state index in [0.29, 0.717) is 12.3 Å². The molecule has 0 N–H and O–H groups in total. The summed E-state index contributed by atoms with van der Waals surface area (Å²) in [5, 5.41) is 0.